The normalized spacial score (nSPS) is 12.1. The van der Waals surface area contributed by atoms with Crippen molar-refractivity contribution >= 4 is 16.8 Å². The van der Waals surface area contributed by atoms with Crippen LogP contribution < -0.4 is 5.32 Å². The molecule has 28 heavy (non-hydrogen) atoms. The molecule has 0 bridgehead atoms. The van der Waals surface area contributed by atoms with E-state index in [0.717, 1.165) is 41.4 Å². The molecule has 0 fully saturated rings. The lowest BCUT2D eigenvalue weighted by atomic mass is 10.0. The number of carbonyl (C=O) groups is 1. The van der Waals surface area contributed by atoms with Crippen molar-refractivity contribution in [3.63, 3.8) is 0 Å². The number of carbonyl (C=O) groups excluding carboxylic acids is 1. The molecule has 1 N–H and O–H groups in total. The highest BCUT2D eigenvalue weighted by molar-refractivity contribution is 6.07. The molecule has 0 spiro atoms. The number of unbranched alkanes of at least 4 members (excludes halogenated alkanes) is 2. The van der Waals surface area contributed by atoms with Crippen LogP contribution in [0.4, 0.5) is 0 Å². The highest BCUT2D eigenvalue weighted by Crippen LogP contribution is 2.25. The summed E-state index contributed by atoms with van der Waals surface area (Å²) in [7, 11) is 0. The molecule has 0 saturated heterocycles. The van der Waals surface area contributed by atoms with Crippen molar-refractivity contribution in [1.82, 2.24) is 10.3 Å². The van der Waals surface area contributed by atoms with Crippen molar-refractivity contribution in [2.24, 2.45) is 0 Å². The number of aromatic nitrogens is 1. The number of para-hydroxylation sites is 1. The van der Waals surface area contributed by atoms with Crippen LogP contribution in [0, 0.1) is 0 Å². The second-order valence-corrected chi connectivity index (χ2v) is 7.49. The summed E-state index contributed by atoms with van der Waals surface area (Å²) in [5, 5.41) is 4.08. The quantitative estimate of drug-likeness (QED) is 0.480. The Kier molecular flexibility index (Phi) is 6.80. The van der Waals surface area contributed by atoms with Gasteiger partial charge in [0, 0.05) is 17.0 Å². The van der Waals surface area contributed by atoms with Crippen molar-refractivity contribution in [3.8, 4) is 11.3 Å². The van der Waals surface area contributed by atoms with Gasteiger partial charge in [0.25, 0.3) is 5.91 Å². The summed E-state index contributed by atoms with van der Waals surface area (Å²) in [5.74, 6) is -0.0194. The lowest BCUT2D eigenvalue weighted by Crippen LogP contribution is -2.32. The molecule has 1 amide bonds. The average molecular weight is 375 g/mol. The van der Waals surface area contributed by atoms with Crippen LogP contribution in [0.2, 0.25) is 0 Å². The summed E-state index contributed by atoms with van der Waals surface area (Å²) >= 11 is 0. The molecular formula is C25H30N2O. The fourth-order valence-electron chi connectivity index (χ4n) is 3.50. The monoisotopic (exact) mass is 374 g/mol. The van der Waals surface area contributed by atoms with E-state index in [-0.39, 0.29) is 11.9 Å². The first-order valence-electron chi connectivity index (χ1n) is 10.4. The van der Waals surface area contributed by atoms with E-state index >= 15 is 0 Å². The van der Waals surface area contributed by atoms with Crippen molar-refractivity contribution in [2.75, 3.05) is 0 Å². The van der Waals surface area contributed by atoms with Gasteiger partial charge in [0.15, 0.2) is 0 Å². The molecule has 0 radical (unpaired) electrons. The van der Waals surface area contributed by atoms with Gasteiger partial charge in [0.2, 0.25) is 0 Å². The van der Waals surface area contributed by atoms with Crippen LogP contribution in [0.25, 0.3) is 22.2 Å². The number of pyridine rings is 1. The van der Waals surface area contributed by atoms with E-state index in [1.54, 1.807) is 0 Å². The minimum absolute atomic E-state index is 0.0194. The van der Waals surface area contributed by atoms with Crippen molar-refractivity contribution in [2.45, 2.75) is 58.9 Å². The molecule has 0 aliphatic rings. The zero-order chi connectivity index (χ0) is 19.9. The van der Waals surface area contributed by atoms with Gasteiger partial charge in [-0.2, -0.15) is 0 Å². The fraction of sp³-hybridized carbons (Fsp3) is 0.360. The topological polar surface area (TPSA) is 42.0 Å². The van der Waals surface area contributed by atoms with Crippen molar-refractivity contribution in [3.05, 3.63) is 65.7 Å². The molecule has 1 heterocycles. The highest BCUT2D eigenvalue weighted by atomic mass is 16.1. The summed E-state index contributed by atoms with van der Waals surface area (Å²) in [4.78, 5) is 17.9. The van der Waals surface area contributed by atoms with Crippen LogP contribution in [0.5, 0.6) is 0 Å². The SMILES string of the molecule is CCCCCC(C)NC(=O)c1cc(-c2ccc(CC)cc2)nc2ccccc12. The van der Waals surface area contributed by atoms with Gasteiger partial charge in [0.05, 0.1) is 16.8 Å². The zero-order valence-corrected chi connectivity index (χ0v) is 17.2. The van der Waals surface area contributed by atoms with Gasteiger partial charge in [-0.3, -0.25) is 4.79 Å². The Morgan fingerprint density at radius 3 is 2.50 bits per heavy atom. The Labute approximate surface area is 168 Å². The maximum Gasteiger partial charge on any atom is 0.252 e. The number of hydrogen-bond donors (Lipinski definition) is 1. The zero-order valence-electron chi connectivity index (χ0n) is 17.2. The molecular weight excluding hydrogens is 344 g/mol. The first-order valence-corrected chi connectivity index (χ1v) is 10.4. The van der Waals surface area contributed by atoms with Crippen molar-refractivity contribution < 1.29 is 4.79 Å². The van der Waals surface area contributed by atoms with Crippen LogP contribution in [0.15, 0.2) is 54.6 Å². The third kappa shape index (κ3) is 4.78. The minimum Gasteiger partial charge on any atom is -0.350 e. The standard InChI is InChI=1S/C25H30N2O/c1-4-6-7-10-18(3)26-25(28)22-17-24(20-15-13-19(5-2)14-16-20)27-23-12-9-8-11-21(22)23/h8-9,11-18H,4-7,10H2,1-3H3,(H,26,28). The minimum atomic E-state index is -0.0194. The van der Waals surface area contributed by atoms with Crippen molar-refractivity contribution in [1.29, 1.82) is 0 Å². The number of benzene rings is 2. The van der Waals surface area contributed by atoms with E-state index in [4.69, 9.17) is 4.98 Å². The third-order valence-corrected chi connectivity index (χ3v) is 5.24. The second-order valence-electron chi connectivity index (χ2n) is 7.49. The Bertz CT molecular complexity index is 931. The number of nitrogens with zero attached hydrogens (tertiary/aromatic N) is 1. The smallest absolute Gasteiger partial charge is 0.252 e. The maximum absolute atomic E-state index is 13.0. The lowest BCUT2D eigenvalue weighted by molar-refractivity contribution is 0.0939. The molecule has 3 heteroatoms. The highest BCUT2D eigenvalue weighted by Gasteiger charge is 2.15. The van der Waals surface area contributed by atoms with Gasteiger partial charge in [-0.15, -0.1) is 0 Å². The van der Waals surface area contributed by atoms with Gasteiger partial charge in [-0.25, -0.2) is 4.98 Å². The Morgan fingerprint density at radius 1 is 1.04 bits per heavy atom. The second kappa shape index (κ2) is 9.50. The average Bonchev–Trinajstić information content (AvgIpc) is 2.73. The summed E-state index contributed by atoms with van der Waals surface area (Å²) in [6.07, 6.45) is 5.55. The number of nitrogens with one attached hydrogen (secondary N) is 1. The van der Waals surface area contributed by atoms with E-state index < -0.39 is 0 Å². The van der Waals surface area contributed by atoms with E-state index in [2.05, 4.69) is 50.4 Å². The predicted octanol–water partition coefficient (Wildman–Crippen LogP) is 6.16. The molecule has 3 aromatic rings. The Hall–Kier alpha value is -2.68. The predicted molar refractivity (Wildman–Crippen MR) is 118 cm³/mol. The molecule has 0 aliphatic carbocycles. The van der Waals surface area contributed by atoms with Gasteiger partial charge in [-0.1, -0.05) is 75.6 Å². The molecule has 1 atom stereocenters. The van der Waals surface area contributed by atoms with Gasteiger partial charge in [-0.05, 0) is 37.5 Å². The summed E-state index contributed by atoms with van der Waals surface area (Å²) in [6.45, 7) is 6.43. The Morgan fingerprint density at radius 2 is 1.79 bits per heavy atom. The molecule has 3 rings (SSSR count). The van der Waals surface area contributed by atoms with Crippen LogP contribution >= 0.6 is 0 Å². The molecule has 0 aliphatic heterocycles. The van der Waals surface area contributed by atoms with Crippen LogP contribution in [0.3, 0.4) is 0 Å². The number of rotatable bonds is 8. The molecule has 1 unspecified atom stereocenters. The first-order chi connectivity index (χ1) is 13.6. The van der Waals surface area contributed by atoms with Crippen LogP contribution in [-0.4, -0.2) is 16.9 Å². The Balaban J connectivity index is 1.92. The largest absolute Gasteiger partial charge is 0.350 e. The van der Waals surface area contributed by atoms with E-state index in [0.29, 0.717) is 5.56 Å². The van der Waals surface area contributed by atoms with E-state index in [1.165, 1.54) is 18.4 Å². The van der Waals surface area contributed by atoms with E-state index in [9.17, 15) is 4.79 Å². The van der Waals surface area contributed by atoms with Crippen LogP contribution in [-0.2, 0) is 6.42 Å². The van der Waals surface area contributed by atoms with Gasteiger partial charge < -0.3 is 5.32 Å². The summed E-state index contributed by atoms with van der Waals surface area (Å²) in [5.41, 5.74) is 4.72. The molecule has 3 nitrogen and oxygen atoms in total. The number of hydrogen-bond acceptors (Lipinski definition) is 2. The fourth-order valence-corrected chi connectivity index (χ4v) is 3.50. The maximum atomic E-state index is 13.0. The molecule has 2 aromatic carbocycles. The molecule has 146 valence electrons. The van der Waals surface area contributed by atoms with Crippen LogP contribution in [0.1, 0.15) is 62.4 Å². The van der Waals surface area contributed by atoms with Gasteiger partial charge in [0.1, 0.15) is 0 Å². The summed E-state index contributed by atoms with van der Waals surface area (Å²) < 4.78 is 0. The summed E-state index contributed by atoms with van der Waals surface area (Å²) in [6, 6.07) is 18.4. The number of aryl methyl sites for hydroxylation is 1. The molecule has 1 aromatic heterocycles. The van der Waals surface area contributed by atoms with E-state index in [1.807, 2.05) is 30.3 Å². The number of fused-ring (bicyclic) bond motifs is 1. The number of amides is 1. The lowest BCUT2D eigenvalue weighted by Gasteiger charge is -2.15. The third-order valence-electron chi connectivity index (χ3n) is 5.24. The molecule has 0 saturated carbocycles. The van der Waals surface area contributed by atoms with Gasteiger partial charge >= 0.3 is 0 Å². The first kappa shape index (κ1) is 20.1.